The maximum Gasteiger partial charge on any atom is 0.235 e. The second-order valence-electron chi connectivity index (χ2n) is 7.19. The van der Waals surface area contributed by atoms with Crippen molar-refractivity contribution in [1.29, 1.82) is 0 Å². The van der Waals surface area contributed by atoms with Gasteiger partial charge in [-0.2, -0.15) is 0 Å². The highest BCUT2D eigenvalue weighted by Gasteiger charge is 2.30. The Labute approximate surface area is 141 Å². The Morgan fingerprint density at radius 1 is 1.35 bits per heavy atom. The molecule has 4 nitrogen and oxygen atoms in total. The molecule has 1 amide bonds. The number of hydrogen-bond donors (Lipinski definition) is 1. The number of carbonyl (C=O) groups excluding carboxylic acids is 1. The molecule has 1 aromatic carbocycles. The first-order valence-electron chi connectivity index (χ1n) is 7.89. The molecule has 3 rings (SSSR count). The maximum atomic E-state index is 11.9. The Morgan fingerprint density at radius 2 is 2.04 bits per heavy atom. The number of fused-ring (bicyclic) bond motifs is 1. The SMILES string of the molecule is CC(C)(C)c1nc(CN2Cc3ccccc3C[C@@H]2C(N)=O)cs1. The molecule has 1 aromatic heterocycles. The number of nitrogens with zero attached hydrogens (tertiary/aromatic N) is 2. The first-order chi connectivity index (χ1) is 10.8. The van der Waals surface area contributed by atoms with E-state index in [1.54, 1.807) is 11.3 Å². The summed E-state index contributed by atoms with van der Waals surface area (Å²) in [4.78, 5) is 18.8. The molecular weight excluding hydrogens is 306 g/mol. The van der Waals surface area contributed by atoms with E-state index >= 15 is 0 Å². The van der Waals surface area contributed by atoms with E-state index in [0.29, 0.717) is 13.0 Å². The molecule has 0 radical (unpaired) electrons. The molecule has 0 spiro atoms. The Kier molecular flexibility index (Phi) is 4.25. The van der Waals surface area contributed by atoms with Crippen molar-refractivity contribution < 1.29 is 4.79 Å². The van der Waals surface area contributed by atoms with Gasteiger partial charge in [-0.05, 0) is 17.5 Å². The minimum Gasteiger partial charge on any atom is -0.368 e. The molecule has 0 aliphatic carbocycles. The molecule has 0 unspecified atom stereocenters. The highest BCUT2D eigenvalue weighted by molar-refractivity contribution is 7.09. The number of thiazole rings is 1. The average molecular weight is 329 g/mol. The van der Waals surface area contributed by atoms with Gasteiger partial charge < -0.3 is 5.73 Å². The number of hydrogen-bond acceptors (Lipinski definition) is 4. The van der Waals surface area contributed by atoms with Gasteiger partial charge in [0.05, 0.1) is 16.7 Å². The third-order valence-electron chi connectivity index (χ3n) is 4.23. The van der Waals surface area contributed by atoms with Gasteiger partial charge in [-0.25, -0.2) is 4.98 Å². The van der Waals surface area contributed by atoms with Gasteiger partial charge in [0.1, 0.15) is 0 Å². The van der Waals surface area contributed by atoms with Crippen molar-refractivity contribution in [1.82, 2.24) is 9.88 Å². The lowest BCUT2D eigenvalue weighted by atomic mass is 9.93. The second kappa shape index (κ2) is 6.06. The Hall–Kier alpha value is -1.72. The molecule has 23 heavy (non-hydrogen) atoms. The van der Waals surface area contributed by atoms with Crippen molar-refractivity contribution in [3.05, 3.63) is 51.5 Å². The number of carbonyl (C=O) groups is 1. The quantitative estimate of drug-likeness (QED) is 0.942. The van der Waals surface area contributed by atoms with Crippen LogP contribution >= 0.6 is 11.3 Å². The number of nitrogens with two attached hydrogens (primary N) is 1. The van der Waals surface area contributed by atoms with E-state index in [1.807, 2.05) is 12.1 Å². The van der Waals surface area contributed by atoms with Crippen LogP contribution in [0.3, 0.4) is 0 Å². The fraction of sp³-hybridized carbons (Fsp3) is 0.444. The number of primary amides is 1. The van der Waals surface area contributed by atoms with Gasteiger partial charge in [-0.3, -0.25) is 9.69 Å². The third kappa shape index (κ3) is 3.46. The van der Waals surface area contributed by atoms with Crippen LogP contribution in [-0.4, -0.2) is 21.8 Å². The summed E-state index contributed by atoms with van der Waals surface area (Å²) in [6.07, 6.45) is 0.682. The topological polar surface area (TPSA) is 59.2 Å². The van der Waals surface area contributed by atoms with Gasteiger partial charge in [0, 0.05) is 23.9 Å². The zero-order valence-electron chi connectivity index (χ0n) is 13.9. The lowest BCUT2D eigenvalue weighted by molar-refractivity contribution is -0.124. The molecule has 0 fully saturated rings. The zero-order valence-corrected chi connectivity index (χ0v) is 14.7. The van der Waals surface area contributed by atoms with Gasteiger partial charge >= 0.3 is 0 Å². The van der Waals surface area contributed by atoms with E-state index in [1.165, 1.54) is 11.1 Å². The molecule has 122 valence electrons. The summed E-state index contributed by atoms with van der Waals surface area (Å²) < 4.78 is 0. The zero-order chi connectivity index (χ0) is 16.6. The van der Waals surface area contributed by atoms with Gasteiger partial charge in [0.2, 0.25) is 5.91 Å². The van der Waals surface area contributed by atoms with E-state index in [9.17, 15) is 4.79 Å². The van der Waals surface area contributed by atoms with Crippen LogP contribution in [0, 0.1) is 0 Å². The fourth-order valence-electron chi connectivity index (χ4n) is 2.96. The summed E-state index contributed by atoms with van der Waals surface area (Å²) >= 11 is 1.69. The monoisotopic (exact) mass is 329 g/mol. The molecule has 5 heteroatoms. The summed E-state index contributed by atoms with van der Waals surface area (Å²) in [5.41, 5.74) is 9.22. The predicted octanol–water partition coefficient (Wildman–Crippen LogP) is 2.85. The van der Waals surface area contributed by atoms with Crippen LogP contribution in [0.4, 0.5) is 0 Å². The smallest absolute Gasteiger partial charge is 0.235 e. The van der Waals surface area contributed by atoms with Crippen molar-refractivity contribution in [3.63, 3.8) is 0 Å². The van der Waals surface area contributed by atoms with Crippen molar-refractivity contribution in [2.45, 2.75) is 51.7 Å². The molecule has 2 N–H and O–H groups in total. The summed E-state index contributed by atoms with van der Waals surface area (Å²) in [5.74, 6) is -0.259. The first kappa shape index (κ1) is 16.1. The lowest BCUT2D eigenvalue weighted by Crippen LogP contribution is -2.48. The van der Waals surface area contributed by atoms with Crippen LogP contribution in [0.5, 0.6) is 0 Å². The molecule has 2 heterocycles. The van der Waals surface area contributed by atoms with Gasteiger partial charge in [-0.1, -0.05) is 45.0 Å². The molecule has 1 aliphatic heterocycles. The van der Waals surface area contributed by atoms with E-state index in [2.05, 4.69) is 43.2 Å². The number of benzene rings is 1. The molecule has 0 saturated heterocycles. The maximum absolute atomic E-state index is 11.9. The number of amides is 1. The summed E-state index contributed by atoms with van der Waals surface area (Å²) in [5, 5.41) is 3.22. The number of rotatable bonds is 3. The summed E-state index contributed by atoms with van der Waals surface area (Å²) in [7, 11) is 0. The van der Waals surface area contributed by atoms with Gasteiger partial charge in [-0.15, -0.1) is 11.3 Å². The van der Waals surface area contributed by atoms with Crippen LogP contribution in [0.25, 0.3) is 0 Å². The largest absolute Gasteiger partial charge is 0.368 e. The van der Waals surface area contributed by atoms with Crippen molar-refractivity contribution in [3.8, 4) is 0 Å². The minimum absolute atomic E-state index is 0.0561. The van der Waals surface area contributed by atoms with Crippen LogP contribution in [0.1, 0.15) is 42.6 Å². The molecule has 0 saturated carbocycles. The van der Waals surface area contributed by atoms with E-state index in [-0.39, 0.29) is 17.4 Å². The standard InChI is InChI=1S/C18H23N3OS/c1-18(2,3)17-20-14(11-23-17)10-21-9-13-7-5-4-6-12(13)8-15(21)16(19)22/h4-7,11,15H,8-10H2,1-3H3,(H2,19,22)/t15-/m1/s1. The van der Waals surface area contributed by atoms with Crippen LogP contribution < -0.4 is 5.73 Å². The first-order valence-corrected chi connectivity index (χ1v) is 8.77. The van der Waals surface area contributed by atoms with Crippen molar-refractivity contribution in [2.24, 2.45) is 5.73 Å². The van der Waals surface area contributed by atoms with Gasteiger partial charge in [0.25, 0.3) is 0 Å². The van der Waals surface area contributed by atoms with Crippen LogP contribution in [-0.2, 0) is 29.7 Å². The highest BCUT2D eigenvalue weighted by Crippen LogP contribution is 2.28. The highest BCUT2D eigenvalue weighted by atomic mass is 32.1. The molecular formula is C18H23N3OS. The summed E-state index contributed by atoms with van der Waals surface area (Å²) in [6, 6.07) is 8.01. The van der Waals surface area contributed by atoms with Crippen LogP contribution in [0.15, 0.2) is 29.6 Å². The third-order valence-corrected chi connectivity index (χ3v) is 5.55. The van der Waals surface area contributed by atoms with Crippen molar-refractivity contribution >= 4 is 17.2 Å². The average Bonchev–Trinajstić information content (AvgIpc) is 2.95. The van der Waals surface area contributed by atoms with E-state index < -0.39 is 0 Å². The van der Waals surface area contributed by atoms with Crippen LogP contribution in [0.2, 0.25) is 0 Å². The van der Waals surface area contributed by atoms with E-state index in [4.69, 9.17) is 10.7 Å². The summed E-state index contributed by atoms with van der Waals surface area (Å²) in [6.45, 7) is 7.90. The van der Waals surface area contributed by atoms with E-state index in [0.717, 1.165) is 17.2 Å². The second-order valence-corrected chi connectivity index (χ2v) is 8.05. The Morgan fingerprint density at radius 3 is 2.65 bits per heavy atom. The minimum atomic E-state index is -0.260. The fourth-order valence-corrected chi connectivity index (χ4v) is 3.85. The molecule has 0 bridgehead atoms. The molecule has 1 atom stereocenters. The number of aromatic nitrogens is 1. The molecule has 2 aromatic rings. The lowest BCUT2D eigenvalue weighted by Gasteiger charge is -2.34. The Balaban J connectivity index is 1.83. The predicted molar refractivity (Wildman–Crippen MR) is 93.2 cm³/mol. The molecule has 1 aliphatic rings. The van der Waals surface area contributed by atoms with Gasteiger partial charge in [0.15, 0.2) is 0 Å². The van der Waals surface area contributed by atoms with Crippen molar-refractivity contribution in [2.75, 3.05) is 0 Å². The normalized spacial score (nSPS) is 18.7. The Bertz CT molecular complexity index is 717.